The molecule has 42 heavy (non-hydrogen) atoms. The van der Waals surface area contributed by atoms with Crippen molar-refractivity contribution in [3.63, 3.8) is 0 Å². The van der Waals surface area contributed by atoms with Gasteiger partial charge in [0.25, 0.3) is 0 Å². The molecule has 1 unspecified atom stereocenters. The second-order valence-electron chi connectivity index (χ2n) is 10.5. The SMILES string of the molecule is CC1=NC(C)c2cncc(-c3ccc(NC(=O)Nc4ccc(CN5CCN(S(C)(=O)=O)CC5)c(C(F)(F)F)c4)cc3)c21. The Hall–Kier alpha value is -3.81. The van der Waals surface area contributed by atoms with Gasteiger partial charge in [-0.15, -0.1) is 0 Å². The predicted octanol–water partition coefficient (Wildman–Crippen LogP) is 5.37. The standard InChI is InChI=1S/C29H31F3N6O3S/c1-18-24-15-33-16-25(27(24)19(2)34-18)20-4-7-22(8-5-20)35-28(39)36-23-9-6-21(26(14-23)29(30,31)32)17-37-10-12-38(13-11-37)42(3,40)41/h4-9,14-16,18H,10-13,17H2,1-3H3,(H2,35,36,39). The number of amides is 2. The Morgan fingerprint density at radius 3 is 2.29 bits per heavy atom. The number of sulfonamides is 1. The number of rotatable bonds is 6. The highest BCUT2D eigenvalue weighted by atomic mass is 32.2. The molecule has 0 radical (unpaired) electrons. The number of halogens is 3. The molecule has 0 saturated carbocycles. The molecule has 1 fully saturated rings. The van der Waals surface area contributed by atoms with E-state index in [1.807, 2.05) is 32.2 Å². The summed E-state index contributed by atoms with van der Waals surface area (Å²) in [6.45, 7) is 5.07. The number of aliphatic imine (C=N–C) groups is 1. The number of anilines is 2. The Morgan fingerprint density at radius 2 is 1.64 bits per heavy atom. The van der Waals surface area contributed by atoms with E-state index in [1.165, 1.54) is 16.4 Å². The van der Waals surface area contributed by atoms with Crippen LogP contribution in [0.15, 0.2) is 59.9 Å². The number of urea groups is 1. The van der Waals surface area contributed by atoms with Gasteiger partial charge in [-0.3, -0.25) is 14.9 Å². The van der Waals surface area contributed by atoms with Gasteiger partial charge in [0.2, 0.25) is 10.0 Å². The number of aromatic nitrogens is 1. The van der Waals surface area contributed by atoms with Crippen LogP contribution in [0.1, 0.15) is 42.1 Å². The number of benzene rings is 2. The summed E-state index contributed by atoms with van der Waals surface area (Å²) >= 11 is 0. The first-order valence-corrected chi connectivity index (χ1v) is 15.2. The van der Waals surface area contributed by atoms with Crippen LogP contribution in [0.25, 0.3) is 11.1 Å². The normalized spacial score (nSPS) is 18.0. The van der Waals surface area contributed by atoms with Gasteiger partial charge < -0.3 is 10.6 Å². The minimum atomic E-state index is -4.64. The second-order valence-corrected chi connectivity index (χ2v) is 12.5. The largest absolute Gasteiger partial charge is 0.416 e. The number of hydrogen-bond donors (Lipinski definition) is 2. The summed E-state index contributed by atoms with van der Waals surface area (Å²) in [5, 5.41) is 5.14. The van der Waals surface area contributed by atoms with E-state index in [1.54, 1.807) is 23.2 Å². The summed E-state index contributed by atoms with van der Waals surface area (Å²) in [4.78, 5) is 23.4. The van der Waals surface area contributed by atoms with Crippen LogP contribution in [0, 0.1) is 0 Å². The van der Waals surface area contributed by atoms with Crippen LogP contribution in [0.4, 0.5) is 29.3 Å². The molecule has 13 heteroatoms. The molecule has 0 aliphatic carbocycles. The molecule has 2 aromatic carbocycles. The number of nitrogens with zero attached hydrogens (tertiary/aromatic N) is 4. The lowest BCUT2D eigenvalue weighted by Crippen LogP contribution is -2.47. The highest BCUT2D eigenvalue weighted by Gasteiger charge is 2.35. The van der Waals surface area contributed by atoms with Crippen LogP contribution in [-0.2, 0) is 22.7 Å². The molecule has 1 saturated heterocycles. The molecule has 5 rings (SSSR count). The Labute approximate surface area is 242 Å². The summed E-state index contributed by atoms with van der Waals surface area (Å²) in [6.07, 6.45) is 0.0811. The summed E-state index contributed by atoms with van der Waals surface area (Å²) < 4.78 is 66.6. The maximum Gasteiger partial charge on any atom is 0.416 e. The Balaban J connectivity index is 1.25. The molecule has 3 aromatic rings. The quantitative estimate of drug-likeness (QED) is 0.396. The first-order chi connectivity index (χ1) is 19.8. The van der Waals surface area contributed by atoms with Gasteiger partial charge in [-0.1, -0.05) is 18.2 Å². The highest BCUT2D eigenvalue weighted by molar-refractivity contribution is 7.88. The van der Waals surface area contributed by atoms with Gasteiger partial charge >= 0.3 is 12.2 Å². The third kappa shape index (κ3) is 6.48. The fraction of sp³-hybridized carbons (Fsp3) is 0.345. The molecular formula is C29H31F3N6O3S. The smallest absolute Gasteiger partial charge is 0.308 e. The van der Waals surface area contributed by atoms with Crippen LogP contribution in [-0.4, -0.2) is 66.8 Å². The van der Waals surface area contributed by atoms with Crippen molar-refractivity contribution in [3.8, 4) is 11.1 Å². The lowest BCUT2D eigenvalue weighted by Gasteiger charge is -2.33. The van der Waals surface area contributed by atoms with Gasteiger partial charge in [0.15, 0.2) is 0 Å². The molecule has 1 aromatic heterocycles. The molecule has 222 valence electrons. The number of piperazine rings is 1. The second kappa shape index (κ2) is 11.5. The van der Waals surface area contributed by atoms with Crippen molar-refractivity contribution in [1.82, 2.24) is 14.2 Å². The number of hydrogen-bond acceptors (Lipinski definition) is 6. The zero-order valence-corrected chi connectivity index (χ0v) is 24.2. The number of fused-ring (bicyclic) bond motifs is 1. The molecular weight excluding hydrogens is 569 g/mol. The zero-order chi connectivity index (χ0) is 30.2. The third-order valence-corrected chi connectivity index (χ3v) is 8.80. The van der Waals surface area contributed by atoms with Gasteiger partial charge in [0.05, 0.1) is 17.9 Å². The van der Waals surface area contributed by atoms with Gasteiger partial charge in [0.1, 0.15) is 0 Å². The zero-order valence-electron chi connectivity index (χ0n) is 23.4. The molecule has 2 amide bonds. The summed E-state index contributed by atoms with van der Waals surface area (Å²) in [7, 11) is -3.34. The van der Waals surface area contributed by atoms with Crippen molar-refractivity contribution in [2.75, 3.05) is 43.1 Å². The van der Waals surface area contributed by atoms with E-state index < -0.39 is 27.8 Å². The van der Waals surface area contributed by atoms with Gasteiger partial charge in [-0.25, -0.2) is 13.2 Å². The maximum absolute atomic E-state index is 13.9. The molecule has 2 N–H and O–H groups in total. The van der Waals surface area contributed by atoms with Crippen molar-refractivity contribution in [2.45, 2.75) is 32.6 Å². The van der Waals surface area contributed by atoms with Crippen molar-refractivity contribution in [1.29, 1.82) is 0 Å². The van der Waals surface area contributed by atoms with E-state index in [-0.39, 0.29) is 36.9 Å². The Bertz CT molecular complexity index is 1630. The lowest BCUT2D eigenvalue weighted by molar-refractivity contribution is -0.138. The molecule has 2 aliphatic rings. The van der Waals surface area contributed by atoms with E-state index in [9.17, 15) is 26.4 Å². The highest BCUT2D eigenvalue weighted by Crippen LogP contribution is 2.36. The first kappa shape index (κ1) is 29.7. The van der Waals surface area contributed by atoms with E-state index in [0.29, 0.717) is 18.8 Å². The topological polar surface area (TPSA) is 107 Å². The average Bonchev–Trinajstić information content (AvgIpc) is 3.22. The molecule has 9 nitrogen and oxygen atoms in total. The number of alkyl halides is 3. The summed E-state index contributed by atoms with van der Waals surface area (Å²) in [6, 6.07) is 10.2. The van der Waals surface area contributed by atoms with Crippen molar-refractivity contribution in [3.05, 3.63) is 77.1 Å². The number of carbonyl (C=O) groups excluding carboxylic acids is 1. The monoisotopic (exact) mass is 600 g/mol. The molecule has 1 atom stereocenters. The Kier molecular flexibility index (Phi) is 8.10. The van der Waals surface area contributed by atoms with Crippen LogP contribution in [0.3, 0.4) is 0 Å². The molecule has 3 heterocycles. The van der Waals surface area contributed by atoms with Crippen molar-refractivity contribution >= 4 is 33.1 Å². The van der Waals surface area contributed by atoms with Crippen LogP contribution >= 0.6 is 0 Å². The number of nitrogens with one attached hydrogen (secondary N) is 2. The molecule has 0 bridgehead atoms. The predicted molar refractivity (Wildman–Crippen MR) is 156 cm³/mol. The van der Waals surface area contributed by atoms with Crippen LogP contribution in [0.5, 0.6) is 0 Å². The first-order valence-electron chi connectivity index (χ1n) is 13.4. The fourth-order valence-corrected chi connectivity index (χ4v) is 6.21. The van der Waals surface area contributed by atoms with Crippen LogP contribution in [0.2, 0.25) is 0 Å². The fourth-order valence-electron chi connectivity index (χ4n) is 5.38. The molecule has 2 aliphatic heterocycles. The number of carbonyl (C=O) groups is 1. The van der Waals surface area contributed by atoms with Gasteiger partial charge in [-0.2, -0.15) is 17.5 Å². The number of pyridine rings is 1. The summed E-state index contributed by atoms with van der Waals surface area (Å²) in [5.41, 5.74) is 4.55. The maximum atomic E-state index is 13.9. The minimum Gasteiger partial charge on any atom is -0.308 e. The Morgan fingerprint density at radius 1 is 1.00 bits per heavy atom. The van der Waals surface area contributed by atoms with Crippen molar-refractivity contribution < 1.29 is 26.4 Å². The van der Waals surface area contributed by atoms with Crippen LogP contribution < -0.4 is 10.6 Å². The van der Waals surface area contributed by atoms with Gasteiger partial charge in [-0.05, 0) is 49.2 Å². The average molecular weight is 601 g/mol. The van der Waals surface area contributed by atoms with E-state index in [0.717, 1.165) is 40.3 Å². The van der Waals surface area contributed by atoms with E-state index in [2.05, 4.69) is 20.6 Å². The van der Waals surface area contributed by atoms with E-state index in [4.69, 9.17) is 0 Å². The summed E-state index contributed by atoms with van der Waals surface area (Å²) in [5.74, 6) is 0. The third-order valence-electron chi connectivity index (χ3n) is 7.50. The van der Waals surface area contributed by atoms with Crippen molar-refractivity contribution in [2.24, 2.45) is 4.99 Å². The molecule has 0 spiro atoms. The minimum absolute atomic E-state index is 0.00287. The van der Waals surface area contributed by atoms with Gasteiger partial charge in [0, 0.05) is 78.9 Å². The lowest BCUT2D eigenvalue weighted by atomic mass is 9.95. The van der Waals surface area contributed by atoms with E-state index >= 15 is 0 Å².